The maximum Gasteiger partial charge on any atom is 0.192 e. The van der Waals surface area contributed by atoms with Crippen LogP contribution in [0.1, 0.15) is 0 Å². The third kappa shape index (κ3) is 4.91. The summed E-state index contributed by atoms with van der Waals surface area (Å²) in [6.07, 6.45) is 0. The highest BCUT2D eigenvalue weighted by molar-refractivity contribution is 14.1. The Morgan fingerprint density at radius 3 is 1.83 bits per heavy atom. The van der Waals surface area contributed by atoms with E-state index in [0.717, 1.165) is 4.05 Å². The molecule has 0 bridgehead atoms. The lowest BCUT2D eigenvalue weighted by Gasteiger charge is -2.06. The van der Waals surface area contributed by atoms with Crippen molar-refractivity contribution in [3.05, 3.63) is 0 Å². The van der Waals surface area contributed by atoms with Crippen LogP contribution in [0.2, 0.25) is 13.1 Å². The molecule has 0 rings (SSSR count). The lowest BCUT2D eigenvalue weighted by Crippen LogP contribution is -2.26. The molecule has 0 heterocycles. The topological polar surface area (TPSA) is 20.2 Å². The first-order valence-electron chi connectivity index (χ1n) is 1.84. The number of alkyl halides is 1. The van der Waals surface area contributed by atoms with Crippen LogP contribution in [-0.2, 0) is 0 Å². The molecule has 38 valence electrons. The van der Waals surface area contributed by atoms with Crippen molar-refractivity contribution < 1.29 is 4.80 Å². The van der Waals surface area contributed by atoms with Crippen LogP contribution in [-0.4, -0.2) is 17.2 Å². The Hall–Kier alpha value is 0.907. The van der Waals surface area contributed by atoms with Crippen molar-refractivity contribution in [2.45, 2.75) is 13.1 Å². The fraction of sp³-hybridized carbons (Fsp3) is 1.00. The molecular formula is C3H9IOSi. The summed E-state index contributed by atoms with van der Waals surface area (Å²) >= 11 is 2.21. The summed E-state index contributed by atoms with van der Waals surface area (Å²) in [5, 5.41) is 0. The second-order valence-electron chi connectivity index (χ2n) is 1.95. The summed E-state index contributed by atoms with van der Waals surface area (Å²) in [5.41, 5.74) is 0. The molecule has 0 atom stereocenters. The minimum absolute atomic E-state index is 0.935. The fourth-order valence-corrected chi connectivity index (χ4v) is 0. The molecule has 6 heavy (non-hydrogen) atoms. The van der Waals surface area contributed by atoms with Crippen LogP contribution in [0, 0.1) is 0 Å². The van der Waals surface area contributed by atoms with E-state index in [0.29, 0.717) is 0 Å². The van der Waals surface area contributed by atoms with E-state index in [9.17, 15) is 0 Å². The Morgan fingerprint density at radius 1 is 1.67 bits per heavy atom. The SMILES string of the molecule is C[Si](C)(O)CI. The molecule has 1 nitrogen and oxygen atoms in total. The van der Waals surface area contributed by atoms with E-state index in [1.54, 1.807) is 0 Å². The third-order valence-electron chi connectivity index (χ3n) is 0.327. The van der Waals surface area contributed by atoms with Gasteiger partial charge in [-0.3, -0.25) is 0 Å². The molecule has 0 aliphatic rings. The first-order chi connectivity index (χ1) is 2.56. The van der Waals surface area contributed by atoms with Crippen molar-refractivity contribution in [3.63, 3.8) is 0 Å². The van der Waals surface area contributed by atoms with Crippen LogP contribution in [0.5, 0.6) is 0 Å². The molecule has 0 radical (unpaired) electrons. The molecule has 0 saturated carbocycles. The molecule has 0 aromatic rings. The fourth-order valence-electron chi connectivity index (χ4n) is 0. The monoisotopic (exact) mass is 216 g/mol. The Labute approximate surface area is 53.0 Å². The van der Waals surface area contributed by atoms with Crippen LogP contribution >= 0.6 is 22.6 Å². The van der Waals surface area contributed by atoms with Crippen molar-refractivity contribution in [2.75, 3.05) is 4.05 Å². The Balaban J connectivity index is 3.17. The van der Waals surface area contributed by atoms with Gasteiger partial charge in [0.05, 0.1) is 0 Å². The maximum atomic E-state index is 8.96. The van der Waals surface area contributed by atoms with Crippen LogP contribution in [0.4, 0.5) is 0 Å². The van der Waals surface area contributed by atoms with Crippen molar-refractivity contribution in [3.8, 4) is 0 Å². The van der Waals surface area contributed by atoms with Crippen LogP contribution in [0.15, 0.2) is 0 Å². The molecule has 0 saturated heterocycles. The van der Waals surface area contributed by atoms with E-state index >= 15 is 0 Å². The highest BCUT2D eigenvalue weighted by atomic mass is 127. The van der Waals surface area contributed by atoms with Gasteiger partial charge in [-0.2, -0.15) is 0 Å². The van der Waals surface area contributed by atoms with E-state index in [1.165, 1.54) is 0 Å². The molecule has 0 aromatic carbocycles. The summed E-state index contributed by atoms with van der Waals surface area (Å²) in [4.78, 5) is 8.96. The van der Waals surface area contributed by atoms with E-state index in [1.807, 2.05) is 13.1 Å². The average molecular weight is 216 g/mol. The van der Waals surface area contributed by atoms with Gasteiger partial charge < -0.3 is 4.80 Å². The quantitative estimate of drug-likeness (QED) is 0.396. The second kappa shape index (κ2) is 2.27. The smallest absolute Gasteiger partial charge is 0.192 e. The molecule has 0 spiro atoms. The summed E-state index contributed by atoms with van der Waals surface area (Å²) in [7, 11) is -1.64. The van der Waals surface area contributed by atoms with Crippen molar-refractivity contribution in [1.82, 2.24) is 0 Å². The Bertz CT molecular complexity index is 40.5. The predicted molar refractivity (Wildman–Crippen MR) is 38.6 cm³/mol. The van der Waals surface area contributed by atoms with Gasteiger partial charge in [0.25, 0.3) is 0 Å². The Morgan fingerprint density at radius 2 is 1.83 bits per heavy atom. The van der Waals surface area contributed by atoms with Gasteiger partial charge in [0.2, 0.25) is 0 Å². The van der Waals surface area contributed by atoms with E-state index in [-0.39, 0.29) is 0 Å². The standard InChI is InChI=1S/C3H9IOSi/c1-6(2,5)3-4/h5H,3H2,1-2H3. The van der Waals surface area contributed by atoms with E-state index in [2.05, 4.69) is 22.6 Å². The Kier molecular flexibility index (Phi) is 2.62. The zero-order valence-electron chi connectivity index (χ0n) is 4.03. The summed E-state index contributed by atoms with van der Waals surface area (Å²) in [6.45, 7) is 3.86. The van der Waals surface area contributed by atoms with Crippen LogP contribution in [0.25, 0.3) is 0 Å². The molecule has 0 aliphatic carbocycles. The normalized spacial score (nSPS) is 12.0. The first-order valence-corrected chi connectivity index (χ1v) is 6.52. The number of rotatable bonds is 1. The highest BCUT2D eigenvalue weighted by Gasteiger charge is 2.12. The molecular weight excluding hydrogens is 207 g/mol. The first kappa shape index (κ1) is 6.91. The van der Waals surface area contributed by atoms with Gasteiger partial charge in [0, 0.05) is 4.05 Å². The van der Waals surface area contributed by atoms with Gasteiger partial charge in [0.1, 0.15) is 0 Å². The van der Waals surface area contributed by atoms with Gasteiger partial charge in [-0.1, -0.05) is 22.6 Å². The van der Waals surface area contributed by atoms with Crippen LogP contribution in [0.3, 0.4) is 0 Å². The van der Waals surface area contributed by atoms with Crippen LogP contribution < -0.4 is 0 Å². The maximum absolute atomic E-state index is 8.96. The molecule has 1 N–H and O–H groups in total. The summed E-state index contributed by atoms with van der Waals surface area (Å²) < 4.78 is 0.935. The second-order valence-corrected chi connectivity index (χ2v) is 8.13. The molecule has 0 fully saturated rings. The molecule has 0 amide bonds. The van der Waals surface area contributed by atoms with Crippen molar-refractivity contribution in [2.24, 2.45) is 0 Å². The van der Waals surface area contributed by atoms with Gasteiger partial charge in [-0.05, 0) is 13.1 Å². The number of hydrogen-bond donors (Lipinski definition) is 1. The van der Waals surface area contributed by atoms with Gasteiger partial charge in [0.15, 0.2) is 8.32 Å². The minimum Gasteiger partial charge on any atom is -0.431 e. The van der Waals surface area contributed by atoms with Gasteiger partial charge in [-0.15, -0.1) is 0 Å². The van der Waals surface area contributed by atoms with Gasteiger partial charge in [-0.25, -0.2) is 0 Å². The zero-order chi connectivity index (χ0) is 5.21. The molecule has 0 aromatic heterocycles. The summed E-state index contributed by atoms with van der Waals surface area (Å²) in [6, 6.07) is 0. The number of halogens is 1. The largest absolute Gasteiger partial charge is 0.431 e. The van der Waals surface area contributed by atoms with Gasteiger partial charge >= 0.3 is 0 Å². The lowest BCUT2D eigenvalue weighted by atomic mass is 11.8. The van der Waals surface area contributed by atoms with Crippen molar-refractivity contribution >= 4 is 30.9 Å². The average Bonchev–Trinajstić information content (AvgIpc) is 1.35. The van der Waals surface area contributed by atoms with Crippen molar-refractivity contribution in [1.29, 1.82) is 0 Å². The highest BCUT2D eigenvalue weighted by Crippen LogP contribution is 1.98. The zero-order valence-corrected chi connectivity index (χ0v) is 7.19. The third-order valence-corrected chi connectivity index (χ3v) is 6.58. The molecule has 0 aliphatic heterocycles. The minimum atomic E-state index is -1.64. The summed E-state index contributed by atoms with van der Waals surface area (Å²) in [5.74, 6) is 0. The lowest BCUT2D eigenvalue weighted by molar-refractivity contribution is 0.560. The van der Waals surface area contributed by atoms with E-state index in [4.69, 9.17) is 4.80 Å². The number of hydrogen-bond acceptors (Lipinski definition) is 1. The molecule has 3 heteroatoms. The van der Waals surface area contributed by atoms with E-state index < -0.39 is 8.32 Å². The predicted octanol–water partition coefficient (Wildman–Crippen LogP) is 1.16. The molecule has 0 unspecified atom stereocenters.